The molecular formula is C14H14FNO. The van der Waals surface area contributed by atoms with Gasteiger partial charge in [0.1, 0.15) is 5.75 Å². The topological polar surface area (TPSA) is 22.1 Å². The van der Waals surface area contributed by atoms with E-state index in [4.69, 9.17) is 4.74 Å². The molecule has 2 nitrogen and oxygen atoms in total. The van der Waals surface area contributed by atoms with E-state index in [1.165, 1.54) is 18.3 Å². The van der Waals surface area contributed by atoms with Crippen molar-refractivity contribution in [3.8, 4) is 11.6 Å². The quantitative estimate of drug-likeness (QED) is 0.792. The molecule has 0 radical (unpaired) electrons. The predicted octanol–water partition coefficient (Wildman–Crippen LogP) is 4.14. The Morgan fingerprint density at radius 3 is 2.71 bits per heavy atom. The van der Waals surface area contributed by atoms with E-state index in [2.05, 4.69) is 18.8 Å². The summed E-state index contributed by atoms with van der Waals surface area (Å²) in [5.41, 5.74) is 1.15. The van der Waals surface area contributed by atoms with E-state index < -0.39 is 5.82 Å². The zero-order valence-electron chi connectivity index (χ0n) is 9.85. The van der Waals surface area contributed by atoms with Crippen LogP contribution in [0.2, 0.25) is 0 Å². The van der Waals surface area contributed by atoms with Crippen molar-refractivity contribution in [2.24, 2.45) is 0 Å². The minimum atomic E-state index is -0.456. The average molecular weight is 231 g/mol. The maximum atomic E-state index is 13.3. The molecule has 0 aliphatic rings. The molecule has 1 aromatic carbocycles. The van der Waals surface area contributed by atoms with Gasteiger partial charge in [0.05, 0.1) is 0 Å². The Hall–Kier alpha value is -1.90. The molecule has 88 valence electrons. The summed E-state index contributed by atoms with van der Waals surface area (Å²) in [4.78, 5) is 3.85. The lowest BCUT2D eigenvalue weighted by Crippen LogP contribution is -1.93. The Kier molecular flexibility index (Phi) is 3.38. The molecule has 0 amide bonds. The van der Waals surface area contributed by atoms with Crippen molar-refractivity contribution in [1.29, 1.82) is 0 Å². The molecule has 0 saturated carbocycles. The van der Waals surface area contributed by atoms with Gasteiger partial charge in [-0.15, -0.1) is 0 Å². The number of ether oxygens (including phenoxy) is 1. The Morgan fingerprint density at radius 2 is 2.00 bits per heavy atom. The van der Waals surface area contributed by atoms with E-state index in [0.717, 1.165) is 5.56 Å². The third kappa shape index (κ3) is 2.81. The lowest BCUT2D eigenvalue weighted by molar-refractivity contribution is 0.422. The fourth-order valence-electron chi connectivity index (χ4n) is 1.50. The van der Waals surface area contributed by atoms with E-state index in [1.807, 2.05) is 18.2 Å². The molecule has 1 aromatic heterocycles. The molecule has 17 heavy (non-hydrogen) atoms. The smallest absolute Gasteiger partial charge is 0.255 e. The van der Waals surface area contributed by atoms with Crippen LogP contribution in [0.4, 0.5) is 4.39 Å². The molecule has 0 fully saturated rings. The van der Waals surface area contributed by atoms with E-state index in [1.54, 1.807) is 6.07 Å². The maximum absolute atomic E-state index is 13.3. The van der Waals surface area contributed by atoms with Crippen LogP contribution >= 0.6 is 0 Å². The van der Waals surface area contributed by atoms with Crippen LogP contribution in [0.25, 0.3) is 0 Å². The maximum Gasteiger partial charge on any atom is 0.255 e. The van der Waals surface area contributed by atoms with Crippen molar-refractivity contribution in [2.75, 3.05) is 0 Å². The lowest BCUT2D eigenvalue weighted by atomic mass is 10.0. The number of nitrogens with zero attached hydrogens (tertiary/aromatic N) is 1. The zero-order valence-corrected chi connectivity index (χ0v) is 9.85. The van der Waals surface area contributed by atoms with Crippen LogP contribution in [0.5, 0.6) is 11.6 Å². The molecule has 1 heterocycles. The summed E-state index contributed by atoms with van der Waals surface area (Å²) in [6, 6.07) is 10.5. The fourth-order valence-corrected chi connectivity index (χ4v) is 1.50. The number of halogens is 1. The highest BCUT2D eigenvalue weighted by atomic mass is 19.1. The summed E-state index contributed by atoms with van der Waals surface area (Å²) in [6.07, 6.45) is 1.50. The number of hydrogen-bond donors (Lipinski definition) is 0. The van der Waals surface area contributed by atoms with E-state index in [-0.39, 0.29) is 5.88 Å². The molecule has 2 rings (SSSR count). The first-order chi connectivity index (χ1) is 8.16. The second kappa shape index (κ2) is 4.95. The molecular weight excluding hydrogens is 217 g/mol. The highest BCUT2D eigenvalue weighted by Crippen LogP contribution is 2.25. The van der Waals surface area contributed by atoms with Gasteiger partial charge in [-0.05, 0) is 35.7 Å². The molecule has 0 N–H and O–H groups in total. The molecule has 0 atom stereocenters. The molecule has 2 aromatic rings. The first kappa shape index (κ1) is 11.6. The van der Waals surface area contributed by atoms with Crippen molar-refractivity contribution in [3.05, 3.63) is 54.0 Å². The largest absolute Gasteiger partial charge is 0.436 e. The minimum absolute atomic E-state index is 0.00778. The normalized spacial score (nSPS) is 10.6. The molecule has 0 aliphatic carbocycles. The summed E-state index contributed by atoms with van der Waals surface area (Å²) in [5.74, 6) is 0.566. The monoisotopic (exact) mass is 231 g/mol. The molecule has 0 bridgehead atoms. The Balaban J connectivity index is 2.25. The van der Waals surface area contributed by atoms with Crippen molar-refractivity contribution < 1.29 is 9.13 Å². The minimum Gasteiger partial charge on any atom is -0.436 e. The highest BCUT2D eigenvalue weighted by molar-refractivity contribution is 5.33. The van der Waals surface area contributed by atoms with E-state index >= 15 is 0 Å². The van der Waals surface area contributed by atoms with Crippen LogP contribution in [0.15, 0.2) is 42.6 Å². The van der Waals surface area contributed by atoms with Crippen LogP contribution in [0, 0.1) is 5.82 Å². The van der Waals surface area contributed by atoms with Crippen LogP contribution in [-0.2, 0) is 0 Å². The second-order valence-corrected chi connectivity index (χ2v) is 4.12. The molecule has 0 unspecified atom stereocenters. The van der Waals surface area contributed by atoms with Crippen LogP contribution in [0.3, 0.4) is 0 Å². The van der Waals surface area contributed by atoms with Gasteiger partial charge < -0.3 is 4.74 Å². The molecule has 0 saturated heterocycles. The summed E-state index contributed by atoms with van der Waals surface area (Å²) >= 11 is 0. The van der Waals surface area contributed by atoms with Gasteiger partial charge in [0.15, 0.2) is 5.82 Å². The standard InChI is InChI=1S/C14H14FNO/c1-10(2)11-5-3-6-12(9-11)17-14-13(15)7-4-8-16-14/h3-10H,1-2H3. The number of rotatable bonds is 3. The summed E-state index contributed by atoms with van der Waals surface area (Å²) < 4.78 is 18.8. The van der Waals surface area contributed by atoms with Gasteiger partial charge in [0.2, 0.25) is 0 Å². The molecule has 0 spiro atoms. The van der Waals surface area contributed by atoms with Gasteiger partial charge in [-0.25, -0.2) is 9.37 Å². The number of aromatic nitrogens is 1. The van der Waals surface area contributed by atoms with Gasteiger partial charge in [-0.1, -0.05) is 26.0 Å². The average Bonchev–Trinajstić information content (AvgIpc) is 2.32. The van der Waals surface area contributed by atoms with Crippen LogP contribution in [0.1, 0.15) is 25.3 Å². The molecule has 0 aliphatic heterocycles. The highest BCUT2D eigenvalue weighted by Gasteiger charge is 2.06. The van der Waals surface area contributed by atoms with Crippen molar-refractivity contribution in [2.45, 2.75) is 19.8 Å². The van der Waals surface area contributed by atoms with Gasteiger partial charge in [-0.2, -0.15) is 0 Å². The van der Waals surface area contributed by atoms with Crippen LogP contribution in [-0.4, -0.2) is 4.98 Å². The first-order valence-electron chi connectivity index (χ1n) is 5.55. The van der Waals surface area contributed by atoms with Gasteiger partial charge in [0.25, 0.3) is 5.88 Å². The van der Waals surface area contributed by atoms with E-state index in [9.17, 15) is 4.39 Å². The third-order valence-electron chi connectivity index (χ3n) is 2.46. The van der Waals surface area contributed by atoms with Gasteiger partial charge in [-0.3, -0.25) is 0 Å². The first-order valence-corrected chi connectivity index (χ1v) is 5.55. The lowest BCUT2D eigenvalue weighted by Gasteiger charge is -2.09. The van der Waals surface area contributed by atoms with Crippen molar-refractivity contribution in [1.82, 2.24) is 4.98 Å². The number of pyridine rings is 1. The number of benzene rings is 1. The Bertz CT molecular complexity index is 511. The zero-order chi connectivity index (χ0) is 12.3. The summed E-state index contributed by atoms with van der Waals surface area (Å²) in [6.45, 7) is 4.20. The van der Waals surface area contributed by atoms with E-state index in [0.29, 0.717) is 11.7 Å². The Labute approximate surface area is 100 Å². The predicted molar refractivity (Wildman–Crippen MR) is 64.8 cm³/mol. The van der Waals surface area contributed by atoms with Gasteiger partial charge >= 0.3 is 0 Å². The van der Waals surface area contributed by atoms with Gasteiger partial charge in [0, 0.05) is 6.20 Å². The Morgan fingerprint density at radius 1 is 1.18 bits per heavy atom. The SMILES string of the molecule is CC(C)c1cccc(Oc2ncccc2F)c1. The number of hydrogen-bond acceptors (Lipinski definition) is 2. The second-order valence-electron chi connectivity index (χ2n) is 4.12. The summed E-state index contributed by atoms with van der Waals surface area (Å²) in [5, 5.41) is 0. The van der Waals surface area contributed by atoms with Crippen LogP contribution < -0.4 is 4.74 Å². The summed E-state index contributed by atoms with van der Waals surface area (Å²) in [7, 11) is 0. The third-order valence-corrected chi connectivity index (χ3v) is 2.46. The molecule has 3 heteroatoms. The van der Waals surface area contributed by atoms with Crippen molar-refractivity contribution in [3.63, 3.8) is 0 Å². The fraction of sp³-hybridized carbons (Fsp3) is 0.214. The van der Waals surface area contributed by atoms with Crippen molar-refractivity contribution >= 4 is 0 Å².